The van der Waals surface area contributed by atoms with Crippen LogP contribution in [0.5, 0.6) is 0 Å². The fourth-order valence-corrected chi connectivity index (χ4v) is 4.13. The summed E-state index contributed by atoms with van der Waals surface area (Å²) in [4.78, 5) is 28.2. The first-order valence-corrected chi connectivity index (χ1v) is 11.4. The molecule has 7 heteroatoms. The van der Waals surface area contributed by atoms with Crippen molar-refractivity contribution in [3.05, 3.63) is 64.1 Å². The van der Waals surface area contributed by atoms with Gasteiger partial charge in [-0.1, -0.05) is 54.4 Å². The largest absolute Gasteiger partial charge is 0.354 e. The van der Waals surface area contributed by atoms with E-state index in [-0.39, 0.29) is 18.4 Å². The molecule has 1 unspecified atom stereocenters. The molecule has 0 saturated heterocycles. The van der Waals surface area contributed by atoms with E-state index >= 15 is 0 Å². The van der Waals surface area contributed by atoms with Gasteiger partial charge in [0.05, 0.1) is 0 Å². The summed E-state index contributed by atoms with van der Waals surface area (Å²) in [7, 11) is 0. The van der Waals surface area contributed by atoms with E-state index in [0.29, 0.717) is 34.3 Å². The van der Waals surface area contributed by atoms with Gasteiger partial charge in [0.2, 0.25) is 11.8 Å². The van der Waals surface area contributed by atoms with Crippen molar-refractivity contribution in [2.24, 2.45) is 0 Å². The zero-order chi connectivity index (χ0) is 21.2. The Balaban J connectivity index is 2.12. The number of amides is 2. The lowest BCUT2D eigenvalue weighted by molar-refractivity contribution is -0.140. The number of carbonyl (C=O) groups is 2. The van der Waals surface area contributed by atoms with E-state index in [2.05, 4.69) is 5.32 Å². The van der Waals surface area contributed by atoms with Crippen molar-refractivity contribution in [1.82, 2.24) is 10.2 Å². The molecule has 1 N–H and O–H groups in total. The van der Waals surface area contributed by atoms with Crippen molar-refractivity contribution < 1.29 is 9.59 Å². The summed E-state index contributed by atoms with van der Waals surface area (Å²) in [6.45, 7) is 4.48. The molecule has 29 heavy (non-hydrogen) atoms. The van der Waals surface area contributed by atoms with Crippen molar-refractivity contribution in [3.63, 3.8) is 0 Å². The van der Waals surface area contributed by atoms with Crippen molar-refractivity contribution >= 4 is 46.8 Å². The fourth-order valence-electron chi connectivity index (χ4n) is 2.75. The molecule has 1 atom stereocenters. The van der Waals surface area contributed by atoms with Gasteiger partial charge in [-0.05, 0) is 37.6 Å². The third kappa shape index (κ3) is 7.25. The Kier molecular flexibility index (Phi) is 9.85. The number of halogens is 2. The number of hydrogen-bond donors (Lipinski definition) is 1. The molecule has 156 valence electrons. The van der Waals surface area contributed by atoms with Crippen molar-refractivity contribution in [1.29, 1.82) is 0 Å². The average Bonchev–Trinajstić information content (AvgIpc) is 2.72. The van der Waals surface area contributed by atoms with E-state index in [0.717, 1.165) is 11.3 Å². The lowest BCUT2D eigenvalue weighted by Crippen LogP contribution is -2.47. The summed E-state index contributed by atoms with van der Waals surface area (Å²) in [5, 5.41) is 3.82. The minimum absolute atomic E-state index is 0.108. The molecule has 0 aliphatic carbocycles. The number of benzene rings is 2. The Morgan fingerprint density at radius 2 is 1.72 bits per heavy atom. The molecule has 0 spiro atoms. The fraction of sp³-hybridized carbons (Fsp3) is 0.364. The number of rotatable bonds is 10. The second-order valence-corrected chi connectivity index (χ2v) is 8.58. The van der Waals surface area contributed by atoms with Crippen LogP contribution in [0.3, 0.4) is 0 Å². The van der Waals surface area contributed by atoms with Gasteiger partial charge in [0.25, 0.3) is 0 Å². The number of nitrogens with zero attached hydrogens (tertiary/aromatic N) is 1. The molecular weight excluding hydrogens is 427 g/mol. The molecule has 0 saturated carbocycles. The maximum Gasteiger partial charge on any atom is 0.242 e. The van der Waals surface area contributed by atoms with Crippen LogP contribution < -0.4 is 5.32 Å². The van der Waals surface area contributed by atoms with Crippen LogP contribution in [0, 0.1) is 0 Å². The lowest BCUT2D eigenvalue weighted by Gasteiger charge is -2.29. The first-order chi connectivity index (χ1) is 13.9. The molecule has 0 aliphatic rings. The van der Waals surface area contributed by atoms with Gasteiger partial charge in [0.1, 0.15) is 6.04 Å². The van der Waals surface area contributed by atoms with Crippen molar-refractivity contribution in [2.45, 2.75) is 44.2 Å². The predicted octanol–water partition coefficient (Wildman–Crippen LogP) is 5.42. The van der Waals surface area contributed by atoms with E-state index in [1.54, 1.807) is 41.8 Å². The highest BCUT2D eigenvalue weighted by Crippen LogP contribution is 2.27. The molecule has 0 aliphatic heterocycles. The minimum atomic E-state index is -0.622. The molecule has 2 rings (SSSR count). The van der Waals surface area contributed by atoms with E-state index in [4.69, 9.17) is 23.2 Å². The molecule has 2 aromatic rings. The molecule has 0 heterocycles. The quantitative estimate of drug-likeness (QED) is 0.489. The zero-order valence-corrected chi connectivity index (χ0v) is 19.0. The molecule has 0 fully saturated rings. The van der Waals surface area contributed by atoms with Crippen LogP contribution in [0.15, 0.2) is 53.4 Å². The number of carbonyl (C=O) groups excluding carboxylic acids is 2. The molecule has 0 radical (unpaired) electrons. The van der Waals surface area contributed by atoms with E-state index in [9.17, 15) is 9.59 Å². The summed E-state index contributed by atoms with van der Waals surface area (Å²) in [6, 6.07) is 14.5. The van der Waals surface area contributed by atoms with Crippen LogP contribution in [0.2, 0.25) is 10.0 Å². The highest BCUT2D eigenvalue weighted by atomic mass is 35.5. The Labute approximate surface area is 187 Å². The Bertz CT molecular complexity index is 797. The highest BCUT2D eigenvalue weighted by molar-refractivity contribution is 7.99. The van der Waals surface area contributed by atoms with Gasteiger partial charge >= 0.3 is 0 Å². The third-order valence-corrected chi connectivity index (χ3v) is 6.16. The summed E-state index contributed by atoms with van der Waals surface area (Å²) < 4.78 is 0. The van der Waals surface area contributed by atoms with Gasteiger partial charge in [0, 0.05) is 45.8 Å². The van der Waals surface area contributed by atoms with Crippen LogP contribution in [0.1, 0.15) is 32.3 Å². The molecule has 2 amide bonds. The number of hydrogen-bond acceptors (Lipinski definition) is 3. The SMILES string of the molecule is CCCNC(=O)C(C)N(Cc1c(Cl)cccc1Cl)C(=O)CCSc1ccccc1. The van der Waals surface area contributed by atoms with E-state index < -0.39 is 6.04 Å². The smallest absolute Gasteiger partial charge is 0.242 e. The number of nitrogens with one attached hydrogen (secondary N) is 1. The van der Waals surface area contributed by atoms with Gasteiger partial charge in [-0.15, -0.1) is 11.8 Å². The van der Waals surface area contributed by atoms with Crippen LogP contribution >= 0.6 is 35.0 Å². The second kappa shape index (κ2) is 12.1. The first kappa shape index (κ1) is 23.6. The maximum absolute atomic E-state index is 13.0. The maximum atomic E-state index is 13.0. The standard InChI is InChI=1S/C22H26Cl2N2O2S/c1-3-13-25-22(28)16(2)26(15-18-19(23)10-7-11-20(18)24)21(27)12-14-29-17-8-5-4-6-9-17/h4-11,16H,3,12-15H2,1-2H3,(H,25,28). The third-order valence-electron chi connectivity index (χ3n) is 4.43. The normalized spacial score (nSPS) is 11.7. The van der Waals surface area contributed by atoms with Gasteiger partial charge in [-0.2, -0.15) is 0 Å². The zero-order valence-electron chi connectivity index (χ0n) is 16.7. The van der Waals surface area contributed by atoms with Gasteiger partial charge in [-0.3, -0.25) is 9.59 Å². The minimum Gasteiger partial charge on any atom is -0.354 e. The highest BCUT2D eigenvalue weighted by Gasteiger charge is 2.27. The van der Waals surface area contributed by atoms with Crippen LogP contribution in [0.4, 0.5) is 0 Å². The second-order valence-electron chi connectivity index (χ2n) is 6.60. The molecule has 0 bridgehead atoms. The summed E-state index contributed by atoms with van der Waals surface area (Å²) >= 11 is 14.2. The topological polar surface area (TPSA) is 49.4 Å². The molecule has 0 aromatic heterocycles. The summed E-state index contributed by atoms with van der Waals surface area (Å²) in [5.74, 6) is 0.335. The van der Waals surface area contributed by atoms with E-state index in [1.807, 2.05) is 37.3 Å². The summed E-state index contributed by atoms with van der Waals surface area (Å²) in [5.41, 5.74) is 0.648. The van der Waals surface area contributed by atoms with Gasteiger partial charge in [-0.25, -0.2) is 0 Å². The first-order valence-electron chi connectivity index (χ1n) is 9.62. The van der Waals surface area contributed by atoms with Crippen LogP contribution in [-0.2, 0) is 16.1 Å². The average molecular weight is 453 g/mol. The molecule has 2 aromatic carbocycles. The van der Waals surface area contributed by atoms with Gasteiger partial charge < -0.3 is 10.2 Å². The number of thioether (sulfide) groups is 1. The lowest BCUT2D eigenvalue weighted by atomic mass is 10.1. The summed E-state index contributed by atoms with van der Waals surface area (Å²) in [6.07, 6.45) is 1.14. The van der Waals surface area contributed by atoms with Crippen molar-refractivity contribution in [2.75, 3.05) is 12.3 Å². The van der Waals surface area contributed by atoms with Gasteiger partial charge in [0.15, 0.2) is 0 Å². The molecule has 4 nitrogen and oxygen atoms in total. The monoisotopic (exact) mass is 452 g/mol. The Hall–Kier alpha value is -1.69. The van der Waals surface area contributed by atoms with Crippen molar-refractivity contribution in [3.8, 4) is 0 Å². The van der Waals surface area contributed by atoms with Crippen LogP contribution in [0.25, 0.3) is 0 Å². The Morgan fingerprint density at radius 3 is 2.34 bits per heavy atom. The Morgan fingerprint density at radius 1 is 1.07 bits per heavy atom. The predicted molar refractivity (Wildman–Crippen MR) is 122 cm³/mol. The van der Waals surface area contributed by atoms with Crippen LogP contribution in [-0.4, -0.2) is 35.1 Å². The molecular formula is C22H26Cl2N2O2S. The van der Waals surface area contributed by atoms with E-state index in [1.165, 1.54) is 0 Å².